The third-order valence-corrected chi connectivity index (χ3v) is 0.283. The van der Waals surface area contributed by atoms with Crippen molar-refractivity contribution in [2.45, 2.75) is 0 Å². The van der Waals surface area contributed by atoms with E-state index in [4.69, 9.17) is 9.79 Å². The van der Waals surface area contributed by atoms with Crippen LogP contribution in [0.1, 0.15) is 0 Å². The van der Waals surface area contributed by atoms with E-state index in [2.05, 4.69) is 10.5 Å². The topological polar surface area (TPSA) is 75.7 Å². The zero-order valence-corrected chi connectivity index (χ0v) is 5.34. The van der Waals surface area contributed by atoms with Crippen LogP contribution in [0.15, 0.2) is 0 Å². The summed E-state index contributed by atoms with van der Waals surface area (Å²) in [5.74, 6) is 4.20. The zero-order valence-electron chi connectivity index (χ0n) is 3.03. The van der Waals surface area contributed by atoms with E-state index in [0.29, 0.717) is 0 Å². The van der Waals surface area contributed by atoms with Crippen molar-refractivity contribution in [3.05, 3.63) is 0 Å². The Bertz CT molecular complexity index is 22.8. The third kappa shape index (κ3) is 8.83. The van der Waals surface area contributed by atoms with Crippen molar-refractivity contribution in [1.82, 2.24) is 0 Å². The Labute approximate surface area is 39.9 Å². The predicted octanol–water partition coefficient (Wildman–Crippen LogP) is -0.854. The molecule has 1 unspecified atom stereocenters. The molecule has 0 aliphatic carbocycles. The minimum atomic E-state index is -2.32. The largest absolute Gasteiger partial charge is 0.344 e. The Morgan fingerprint density at radius 2 is 1.67 bits per heavy atom. The molecule has 0 saturated carbocycles. The van der Waals surface area contributed by atoms with Gasteiger partial charge in [-0.25, -0.2) is 10.5 Å². The van der Waals surface area contributed by atoms with Crippen molar-refractivity contribution in [2.75, 3.05) is 0 Å². The average Bonchev–Trinajstić information content (AvgIpc) is 1.38. The molecule has 0 aromatic heterocycles. The lowest BCUT2D eigenvalue weighted by Gasteiger charge is -1.88. The van der Waals surface area contributed by atoms with Gasteiger partial charge in [-0.2, -0.15) is 9.90 Å². The Hall–Kier alpha value is 0.700. The summed E-state index contributed by atoms with van der Waals surface area (Å²) in [6.45, 7) is 0. The second kappa shape index (κ2) is 5.70. The SMILES string of the molecule is NOP(O)O.P. The van der Waals surface area contributed by atoms with Gasteiger partial charge in [-0.05, 0) is 0 Å². The fraction of sp³-hybridized carbons (Fsp3) is 0. The molecule has 0 saturated heterocycles. The molecule has 0 aromatic carbocycles. The molecular weight excluding hydrogens is 124 g/mol. The normalized spacial score (nSPS) is 8.00. The first-order valence-electron chi connectivity index (χ1n) is 0.818. The van der Waals surface area contributed by atoms with Gasteiger partial charge in [0, 0.05) is 0 Å². The van der Waals surface area contributed by atoms with E-state index >= 15 is 0 Å². The first-order chi connectivity index (χ1) is 2.27. The average molecular weight is 131 g/mol. The van der Waals surface area contributed by atoms with Crippen LogP contribution >= 0.6 is 18.5 Å². The summed E-state index contributed by atoms with van der Waals surface area (Å²) in [6.07, 6.45) is 0. The first kappa shape index (κ1) is 9.85. The highest BCUT2D eigenvalue weighted by Gasteiger charge is 1.87. The molecule has 0 amide bonds. The molecule has 6 heteroatoms. The zero-order chi connectivity index (χ0) is 4.28. The quantitative estimate of drug-likeness (QED) is 0.320. The molecular formula is H7NO3P2. The molecule has 1 atom stereocenters. The Kier molecular flexibility index (Phi) is 9.36. The Balaban J connectivity index is 0. The van der Waals surface area contributed by atoms with Crippen LogP contribution in [0, 0.1) is 0 Å². The summed E-state index contributed by atoms with van der Waals surface area (Å²) >= 11 is 0. The van der Waals surface area contributed by atoms with Gasteiger partial charge in [0.1, 0.15) is 0 Å². The molecule has 6 heavy (non-hydrogen) atoms. The monoisotopic (exact) mass is 131 g/mol. The molecule has 0 spiro atoms. The van der Waals surface area contributed by atoms with Crippen LogP contribution in [-0.2, 0) is 4.62 Å². The predicted molar refractivity (Wildman–Crippen MR) is 27.7 cm³/mol. The van der Waals surface area contributed by atoms with Crippen LogP contribution in [0.5, 0.6) is 0 Å². The number of hydrogen-bond donors (Lipinski definition) is 3. The standard InChI is InChI=1S/H4NO3P.H3P/c1-4-5(2)3;/h2-3H,1H2;1H3. The summed E-state index contributed by atoms with van der Waals surface area (Å²) < 4.78 is 3.43. The Morgan fingerprint density at radius 3 is 1.67 bits per heavy atom. The van der Waals surface area contributed by atoms with Gasteiger partial charge in [-0.3, -0.25) is 0 Å². The minimum absolute atomic E-state index is 0. The summed E-state index contributed by atoms with van der Waals surface area (Å²) in [7, 11) is -2.32. The number of rotatable bonds is 1. The van der Waals surface area contributed by atoms with Crippen molar-refractivity contribution in [3.63, 3.8) is 0 Å². The lowest BCUT2D eigenvalue weighted by atomic mass is 13.6. The molecule has 0 aliphatic heterocycles. The molecule has 40 valence electrons. The first-order valence-corrected chi connectivity index (χ1v) is 1.98. The maximum Gasteiger partial charge on any atom is 0.344 e. The lowest BCUT2D eigenvalue weighted by Crippen LogP contribution is -1.89. The molecule has 0 aromatic rings. The van der Waals surface area contributed by atoms with Gasteiger partial charge in [0.25, 0.3) is 0 Å². The van der Waals surface area contributed by atoms with Crippen molar-refractivity contribution >= 4 is 18.5 Å². The third-order valence-electron chi connectivity index (χ3n) is 0.0943. The van der Waals surface area contributed by atoms with Crippen LogP contribution in [0.3, 0.4) is 0 Å². The lowest BCUT2D eigenvalue weighted by molar-refractivity contribution is 0.263. The van der Waals surface area contributed by atoms with Crippen LogP contribution in [-0.4, -0.2) is 9.79 Å². The highest BCUT2D eigenvalue weighted by atomic mass is 31.2. The molecule has 4 N–H and O–H groups in total. The highest BCUT2D eigenvalue weighted by molar-refractivity contribution is 7.39. The Morgan fingerprint density at radius 1 is 1.50 bits per heavy atom. The second-order valence-corrected chi connectivity index (χ2v) is 1.07. The highest BCUT2D eigenvalue weighted by Crippen LogP contribution is 2.19. The molecule has 0 rings (SSSR count). The van der Waals surface area contributed by atoms with Gasteiger partial charge in [0.05, 0.1) is 0 Å². The van der Waals surface area contributed by atoms with Gasteiger partial charge >= 0.3 is 8.60 Å². The van der Waals surface area contributed by atoms with E-state index in [-0.39, 0.29) is 9.90 Å². The van der Waals surface area contributed by atoms with E-state index in [9.17, 15) is 0 Å². The summed E-state index contributed by atoms with van der Waals surface area (Å²) in [6, 6.07) is 0. The van der Waals surface area contributed by atoms with Crippen molar-refractivity contribution in [1.29, 1.82) is 0 Å². The van der Waals surface area contributed by atoms with Crippen molar-refractivity contribution in [3.8, 4) is 0 Å². The van der Waals surface area contributed by atoms with Gasteiger partial charge in [-0.1, -0.05) is 0 Å². The molecule has 0 aliphatic rings. The van der Waals surface area contributed by atoms with Crippen LogP contribution in [0.2, 0.25) is 0 Å². The van der Waals surface area contributed by atoms with Crippen molar-refractivity contribution < 1.29 is 14.4 Å². The fourth-order valence-electron chi connectivity index (χ4n) is 0. The van der Waals surface area contributed by atoms with Gasteiger partial charge < -0.3 is 9.79 Å². The summed E-state index contributed by atoms with van der Waals surface area (Å²) in [5.41, 5.74) is 0. The van der Waals surface area contributed by atoms with Gasteiger partial charge in [-0.15, -0.1) is 0 Å². The number of nitrogens with two attached hydrogens (primary N) is 1. The smallest absolute Gasteiger partial charge is 0.327 e. The van der Waals surface area contributed by atoms with Gasteiger partial charge in [0.2, 0.25) is 0 Å². The van der Waals surface area contributed by atoms with Crippen LogP contribution < -0.4 is 5.90 Å². The molecule has 0 radical (unpaired) electrons. The van der Waals surface area contributed by atoms with E-state index in [1.165, 1.54) is 0 Å². The molecule has 0 heterocycles. The molecule has 0 fully saturated rings. The van der Waals surface area contributed by atoms with Gasteiger partial charge in [0.15, 0.2) is 0 Å². The molecule has 0 bridgehead atoms. The number of hydrogen-bond acceptors (Lipinski definition) is 4. The summed E-state index contributed by atoms with van der Waals surface area (Å²) in [5, 5.41) is 0. The minimum Gasteiger partial charge on any atom is -0.327 e. The van der Waals surface area contributed by atoms with E-state index in [1.54, 1.807) is 0 Å². The molecule has 4 nitrogen and oxygen atoms in total. The maximum atomic E-state index is 7.63. The van der Waals surface area contributed by atoms with Crippen LogP contribution in [0.4, 0.5) is 0 Å². The van der Waals surface area contributed by atoms with E-state index in [0.717, 1.165) is 0 Å². The summed E-state index contributed by atoms with van der Waals surface area (Å²) in [4.78, 5) is 15.3. The van der Waals surface area contributed by atoms with Crippen molar-refractivity contribution in [2.24, 2.45) is 5.90 Å². The second-order valence-electron chi connectivity index (χ2n) is 0.358. The maximum absolute atomic E-state index is 7.63. The van der Waals surface area contributed by atoms with E-state index in [1.807, 2.05) is 0 Å². The fourth-order valence-corrected chi connectivity index (χ4v) is 0. The van der Waals surface area contributed by atoms with Crippen LogP contribution in [0.25, 0.3) is 0 Å². The van der Waals surface area contributed by atoms with E-state index < -0.39 is 8.60 Å².